The largest absolute Gasteiger partial charge is 0.336 e. The zero-order chi connectivity index (χ0) is 25.8. The number of anilines is 1. The van der Waals surface area contributed by atoms with Gasteiger partial charge in [-0.05, 0) is 48.6 Å². The minimum Gasteiger partial charge on any atom is -0.336 e. The number of aromatic nitrogens is 1. The molecule has 5 rings (SSSR count). The zero-order valence-electron chi connectivity index (χ0n) is 21.2. The molecule has 2 aliphatic heterocycles. The van der Waals surface area contributed by atoms with Gasteiger partial charge in [-0.15, -0.1) is 11.3 Å². The Hall–Kier alpha value is -3.10. The number of halogens is 1. The smallest absolute Gasteiger partial charge is 0.227 e. The van der Waals surface area contributed by atoms with Crippen molar-refractivity contribution in [3.05, 3.63) is 82.1 Å². The van der Waals surface area contributed by atoms with Crippen LogP contribution in [0.1, 0.15) is 48.7 Å². The first-order valence-corrected chi connectivity index (χ1v) is 13.9. The SMILES string of the molecule is CC(=O)N1CCC2CCCC(CN(C(=O)Cc3ccc(F)cc3)Cc3ccccc31)N2Cc1nccs1. The molecule has 2 amide bonds. The number of hydrogen-bond acceptors (Lipinski definition) is 5. The van der Waals surface area contributed by atoms with Crippen LogP contribution >= 0.6 is 11.3 Å². The number of nitrogens with zero attached hydrogens (tertiary/aromatic N) is 4. The summed E-state index contributed by atoms with van der Waals surface area (Å²) in [5.74, 6) is -0.295. The number of carbonyl (C=O) groups is 2. The van der Waals surface area contributed by atoms with E-state index < -0.39 is 0 Å². The maximum atomic E-state index is 13.7. The number of amides is 2. The topological polar surface area (TPSA) is 56.8 Å². The Morgan fingerprint density at radius 3 is 2.59 bits per heavy atom. The van der Waals surface area contributed by atoms with Crippen molar-refractivity contribution in [1.82, 2.24) is 14.8 Å². The van der Waals surface area contributed by atoms with Crippen LogP contribution in [0.15, 0.2) is 60.1 Å². The first-order valence-electron chi connectivity index (χ1n) is 13.0. The molecular formula is C29H33FN4O2S. The van der Waals surface area contributed by atoms with Crippen molar-refractivity contribution in [2.24, 2.45) is 0 Å². The van der Waals surface area contributed by atoms with E-state index in [0.717, 1.165) is 54.0 Å². The molecule has 37 heavy (non-hydrogen) atoms. The number of carbonyl (C=O) groups excluding carboxylic acids is 2. The molecular weight excluding hydrogens is 487 g/mol. The van der Waals surface area contributed by atoms with E-state index in [-0.39, 0.29) is 30.1 Å². The van der Waals surface area contributed by atoms with Crippen molar-refractivity contribution in [1.29, 1.82) is 0 Å². The number of fused-ring (bicyclic) bond motifs is 3. The first kappa shape index (κ1) is 25.5. The molecule has 2 unspecified atom stereocenters. The van der Waals surface area contributed by atoms with E-state index in [1.54, 1.807) is 30.4 Å². The van der Waals surface area contributed by atoms with Crippen LogP contribution in [0.2, 0.25) is 0 Å². The third kappa shape index (κ3) is 6.08. The highest BCUT2D eigenvalue weighted by Crippen LogP contribution is 2.32. The molecule has 0 aliphatic carbocycles. The van der Waals surface area contributed by atoms with Crippen molar-refractivity contribution in [3.63, 3.8) is 0 Å². The molecule has 0 N–H and O–H groups in total. The fourth-order valence-corrected chi connectivity index (χ4v) is 6.33. The molecule has 3 heterocycles. The van der Waals surface area contributed by atoms with Crippen LogP contribution in [-0.2, 0) is 29.1 Å². The molecule has 1 fully saturated rings. The van der Waals surface area contributed by atoms with E-state index in [1.165, 1.54) is 12.1 Å². The number of rotatable bonds is 4. The highest BCUT2D eigenvalue weighted by molar-refractivity contribution is 7.09. The molecule has 0 radical (unpaired) electrons. The third-order valence-electron chi connectivity index (χ3n) is 7.58. The Labute approximate surface area is 221 Å². The lowest BCUT2D eigenvalue weighted by atomic mass is 9.92. The van der Waals surface area contributed by atoms with Crippen LogP contribution in [0.3, 0.4) is 0 Å². The summed E-state index contributed by atoms with van der Waals surface area (Å²) in [5, 5.41) is 3.08. The molecule has 3 aromatic rings. The van der Waals surface area contributed by atoms with Crippen LogP contribution < -0.4 is 4.90 Å². The van der Waals surface area contributed by atoms with Gasteiger partial charge in [0.15, 0.2) is 0 Å². The Morgan fingerprint density at radius 1 is 1.05 bits per heavy atom. The fourth-order valence-electron chi connectivity index (χ4n) is 5.71. The summed E-state index contributed by atoms with van der Waals surface area (Å²) in [6, 6.07) is 14.6. The maximum Gasteiger partial charge on any atom is 0.227 e. The Kier molecular flexibility index (Phi) is 7.96. The van der Waals surface area contributed by atoms with Gasteiger partial charge in [0.1, 0.15) is 10.8 Å². The van der Waals surface area contributed by atoms with Gasteiger partial charge in [-0.25, -0.2) is 9.37 Å². The summed E-state index contributed by atoms with van der Waals surface area (Å²) in [6.07, 6.45) is 6.10. The van der Waals surface area contributed by atoms with E-state index >= 15 is 0 Å². The second kappa shape index (κ2) is 11.5. The van der Waals surface area contributed by atoms with Crippen molar-refractivity contribution < 1.29 is 14.0 Å². The Balaban J connectivity index is 1.51. The summed E-state index contributed by atoms with van der Waals surface area (Å²) >= 11 is 1.66. The number of para-hydroxylation sites is 1. The van der Waals surface area contributed by atoms with Crippen LogP contribution in [-0.4, -0.2) is 51.8 Å². The third-order valence-corrected chi connectivity index (χ3v) is 8.34. The number of hydrogen-bond donors (Lipinski definition) is 0. The van der Waals surface area contributed by atoms with Gasteiger partial charge in [-0.1, -0.05) is 36.8 Å². The summed E-state index contributed by atoms with van der Waals surface area (Å²) in [5.41, 5.74) is 2.63. The van der Waals surface area contributed by atoms with Crippen molar-refractivity contribution in [2.75, 3.05) is 18.0 Å². The number of benzene rings is 2. The van der Waals surface area contributed by atoms with Crippen molar-refractivity contribution >= 4 is 28.8 Å². The lowest BCUT2D eigenvalue weighted by Gasteiger charge is -2.43. The summed E-state index contributed by atoms with van der Waals surface area (Å²) in [7, 11) is 0. The van der Waals surface area contributed by atoms with Crippen molar-refractivity contribution in [2.45, 2.75) is 64.2 Å². The van der Waals surface area contributed by atoms with Gasteiger partial charge in [-0.2, -0.15) is 0 Å². The average Bonchev–Trinajstić information content (AvgIpc) is 3.40. The van der Waals surface area contributed by atoms with Gasteiger partial charge >= 0.3 is 0 Å². The maximum absolute atomic E-state index is 13.7. The summed E-state index contributed by atoms with van der Waals surface area (Å²) < 4.78 is 13.5. The van der Waals surface area contributed by atoms with Crippen LogP contribution in [0.4, 0.5) is 10.1 Å². The highest BCUT2D eigenvalue weighted by atomic mass is 32.1. The molecule has 0 spiro atoms. The van der Waals surface area contributed by atoms with Crippen LogP contribution in [0.5, 0.6) is 0 Å². The fraction of sp³-hybridized carbons (Fsp3) is 0.414. The lowest BCUT2D eigenvalue weighted by Crippen LogP contribution is -2.52. The van der Waals surface area contributed by atoms with Crippen LogP contribution in [0.25, 0.3) is 0 Å². The van der Waals surface area contributed by atoms with Gasteiger partial charge in [0, 0.05) is 55.9 Å². The van der Waals surface area contributed by atoms with E-state index in [2.05, 4.69) is 9.88 Å². The quantitative estimate of drug-likeness (QED) is 0.484. The summed E-state index contributed by atoms with van der Waals surface area (Å²) in [4.78, 5) is 37.4. The standard InChI is InChI=1S/C29H33FN4O2S/c1-21(35)33-15-13-25-6-4-7-26(34(25)20-28-31-14-16-37-28)19-32(18-23-5-2-3-8-27(23)33)29(36)17-22-9-11-24(30)12-10-22/h2-3,5,8-12,14,16,25-26H,4,6-7,13,15,17-20H2,1H3. The van der Waals surface area contributed by atoms with Gasteiger partial charge in [0.2, 0.25) is 11.8 Å². The van der Waals surface area contributed by atoms with Gasteiger partial charge in [-0.3, -0.25) is 14.5 Å². The van der Waals surface area contributed by atoms with E-state index in [0.29, 0.717) is 25.7 Å². The van der Waals surface area contributed by atoms with Gasteiger partial charge < -0.3 is 9.80 Å². The van der Waals surface area contributed by atoms with E-state index in [9.17, 15) is 14.0 Å². The van der Waals surface area contributed by atoms with Gasteiger partial charge in [0.25, 0.3) is 0 Å². The predicted octanol–water partition coefficient (Wildman–Crippen LogP) is 5.03. The predicted molar refractivity (Wildman–Crippen MR) is 144 cm³/mol. The van der Waals surface area contributed by atoms with E-state index in [1.807, 2.05) is 45.6 Å². The molecule has 1 aromatic heterocycles. The van der Waals surface area contributed by atoms with Crippen LogP contribution in [0, 0.1) is 5.82 Å². The lowest BCUT2D eigenvalue weighted by molar-refractivity contribution is -0.132. The number of thiazole rings is 1. The summed E-state index contributed by atoms with van der Waals surface area (Å²) in [6.45, 7) is 4.04. The molecule has 1 saturated heterocycles. The molecule has 0 saturated carbocycles. The van der Waals surface area contributed by atoms with Crippen molar-refractivity contribution in [3.8, 4) is 0 Å². The molecule has 2 atom stereocenters. The molecule has 8 heteroatoms. The molecule has 2 bridgehead atoms. The molecule has 2 aromatic carbocycles. The second-order valence-corrected chi connectivity index (χ2v) is 11.0. The first-order chi connectivity index (χ1) is 18.0. The zero-order valence-corrected chi connectivity index (χ0v) is 22.0. The Morgan fingerprint density at radius 2 is 1.84 bits per heavy atom. The molecule has 6 nitrogen and oxygen atoms in total. The minimum absolute atomic E-state index is 0.00588. The Bertz CT molecular complexity index is 1220. The second-order valence-electron chi connectivity index (χ2n) is 10.0. The van der Waals surface area contributed by atoms with E-state index in [4.69, 9.17) is 0 Å². The highest BCUT2D eigenvalue weighted by Gasteiger charge is 2.35. The molecule has 2 aliphatic rings. The minimum atomic E-state index is -0.309. The molecule has 194 valence electrons. The number of piperidine rings is 1. The average molecular weight is 521 g/mol. The van der Waals surface area contributed by atoms with Gasteiger partial charge in [0.05, 0.1) is 13.0 Å². The normalized spacial score (nSPS) is 20.7. The monoisotopic (exact) mass is 520 g/mol.